The Balaban J connectivity index is 2.01. The summed E-state index contributed by atoms with van der Waals surface area (Å²) >= 11 is 6.04. The molecule has 2 aromatic heterocycles. The summed E-state index contributed by atoms with van der Waals surface area (Å²) in [7, 11) is 0. The number of carbonyl (C=O) groups excluding carboxylic acids is 1. The van der Waals surface area contributed by atoms with Gasteiger partial charge in [-0.05, 0) is 31.0 Å². The van der Waals surface area contributed by atoms with Gasteiger partial charge in [0.1, 0.15) is 6.61 Å². The summed E-state index contributed by atoms with van der Waals surface area (Å²) in [4.78, 5) is 16.7. The van der Waals surface area contributed by atoms with E-state index in [4.69, 9.17) is 16.3 Å². The first-order valence-electron chi connectivity index (χ1n) is 8.59. The molecule has 3 aromatic rings. The molecule has 0 aliphatic heterocycles. The lowest BCUT2D eigenvalue weighted by Gasteiger charge is -2.11. The zero-order valence-corrected chi connectivity index (χ0v) is 16.2. The van der Waals surface area contributed by atoms with E-state index in [2.05, 4.69) is 4.98 Å². The minimum Gasteiger partial charge on any atom is -0.456 e. The van der Waals surface area contributed by atoms with Crippen LogP contribution in [0.1, 0.15) is 52.6 Å². The molecule has 0 unspecified atom stereocenters. The van der Waals surface area contributed by atoms with Gasteiger partial charge in [0, 0.05) is 6.20 Å². The van der Waals surface area contributed by atoms with Gasteiger partial charge < -0.3 is 4.74 Å². The molecule has 0 saturated carbocycles. The van der Waals surface area contributed by atoms with Crippen molar-refractivity contribution in [1.29, 1.82) is 0 Å². The minimum absolute atomic E-state index is 0.0991. The Morgan fingerprint density at radius 2 is 2.00 bits per heavy atom. The van der Waals surface area contributed by atoms with Crippen LogP contribution in [0.3, 0.4) is 0 Å². The number of aromatic nitrogens is 2. The lowest BCUT2D eigenvalue weighted by molar-refractivity contribution is -0.137. The molecular weight excluding hydrogens is 393 g/mol. The van der Waals surface area contributed by atoms with Gasteiger partial charge in [-0.15, -0.1) is 0 Å². The number of alkyl halides is 3. The summed E-state index contributed by atoms with van der Waals surface area (Å²) in [5, 5.41) is -0.118. The molecule has 0 aliphatic rings. The Hall–Kier alpha value is -2.54. The fraction of sp³-hybridized carbons (Fsp3) is 0.300. The molecule has 28 heavy (non-hydrogen) atoms. The van der Waals surface area contributed by atoms with Crippen LogP contribution >= 0.6 is 11.6 Å². The summed E-state index contributed by atoms with van der Waals surface area (Å²) in [6.45, 7) is 5.33. The average molecular weight is 411 g/mol. The third-order valence-electron chi connectivity index (χ3n) is 4.27. The quantitative estimate of drug-likeness (QED) is 0.511. The highest BCUT2D eigenvalue weighted by Crippen LogP contribution is 2.34. The number of carbonyl (C=O) groups is 1. The molecule has 0 spiro atoms. The van der Waals surface area contributed by atoms with Gasteiger partial charge in [0.05, 0.1) is 27.5 Å². The third-order valence-corrected chi connectivity index (χ3v) is 4.55. The molecule has 148 valence electrons. The Kier molecular flexibility index (Phi) is 5.39. The lowest BCUT2D eigenvalue weighted by Crippen LogP contribution is -2.10. The Labute approximate surface area is 164 Å². The number of hydrogen-bond acceptors (Lipinski definition) is 3. The lowest BCUT2D eigenvalue weighted by atomic mass is 10.1. The number of imidazole rings is 1. The Morgan fingerprint density at radius 3 is 2.61 bits per heavy atom. The topological polar surface area (TPSA) is 43.6 Å². The highest BCUT2D eigenvalue weighted by molar-refractivity contribution is 6.33. The fourth-order valence-electron chi connectivity index (χ4n) is 2.92. The molecule has 2 heterocycles. The van der Waals surface area contributed by atoms with Crippen LogP contribution in [0.25, 0.3) is 5.65 Å². The van der Waals surface area contributed by atoms with Crippen molar-refractivity contribution < 1.29 is 22.7 Å². The number of benzene rings is 1. The number of nitrogens with zero attached hydrogens (tertiary/aromatic N) is 2. The number of aryl methyl sites for hydroxylation is 1. The van der Waals surface area contributed by atoms with E-state index in [-0.39, 0.29) is 23.2 Å². The van der Waals surface area contributed by atoms with Crippen LogP contribution < -0.4 is 0 Å². The van der Waals surface area contributed by atoms with Crippen molar-refractivity contribution in [2.75, 3.05) is 0 Å². The van der Waals surface area contributed by atoms with Gasteiger partial charge in [-0.3, -0.25) is 4.40 Å². The van der Waals surface area contributed by atoms with Crippen molar-refractivity contribution in [3.05, 3.63) is 69.6 Å². The van der Waals surface area contributed by atoms with Gasteiger partial charge in [0.25, 0.3) is 0 Å². The largest absolute Gasteiger partial charge is 0.456 e. The van der Waals surface area contributed by atoms with Crippen LogP contribution in [0.2, 0.25) is 5.02 Å². The van der Waals surface area contributed by atoms with E-state index in [1.807, 2.05) is 26.8 Å². The summed E-state index contributed by atoms with van der Waals surface area (Å²) < 4.78 is 46.2. The van der Waals surface area contributed by atoms with Gasteiger partial charge in [0.2, 0.25) is 0 Å². The van der Waals surface area contributed by atoms with Gasteiger partial charge in [-0.25, -0.2) is 9.78 Å². The van der Waals surface area contributed by atoms with E-state index in [1.165, 1.54) is 4.40 Å². The van der Waals surface area contributed by atoms with E-state index in [0.717, 1.165) is 17.8 Å². The van der Waals surface area contributed by atoms with E-state index in [9.17, 15) is 18.0 Å². The molecule has 0 N–H and O–H groups in total. The van der Waals surface area contributed by atoms with Crippen molar-refractivity contribution in [1.82, 2.24) is 9.38 Å². The molecule has 3 rings (SSSR count). The molecule has 4 nitrogen and oxygen atoms in total. The van der Waals surface area contributed by atoms with Crippen LogP contribution in [0.15, 0.2) is 36.5 Å². The predicted octanol–water partition coefficient (Wildman–Crippen LogP) is 5.80. The minimum atomic E-state index is -4.56. The Morgan fingerprint density at radius 1 is 1.29 bits per heavy atom. The first-order chi connectivity index (χ1) is 13.1. The third kappa shape index (κ3) is 3.99. The number of halogens is 4. The molecule has 8 heteroatoms. The number of rotatable bonds is 4. The van der Waals surface area contributed by atoms with E-state index in [0.29, 0.717) is 17.0 Å². The highest BCUT2D eigenvalue weighted by Gasteiger charge is 2.32. The first kappa shape index (κ1) is 20.2. The number of hydrogen-bond donors (Lipinski definition) is 0. The maximum atomic E-state index is 13.2. The van der Waals surface area contributed by atoms with Crippen molar-refractivity contribution in [3.8, 4) is 0 Å². The SMILES string of the molecule is Cc1cccc(C(=O)OCc2c(C(C)C)nc3c(Cl)cc(C(F)(F)F)cn23)c1. The zero-order chi connectivity index (χ0) is 20.6. The monoisotopic (exact) mass is 410 g/mol. The van der Waals surface area contributed by atoms with Crippen LogP contribution in [-0.2, 0) is 17.5 Å². The van der Waals surface area contributed by atoms with Gasteiger partial charge in [-0.1, -0.05) is 43.1 Å². The van der Waals surface area contributed by atoms with E-state index >= 15 is 0 Å². The van der Waals surface area contributed by atoms with Crippen LogP contribution in [-0.4, -0.2) is 15.4 Å². The standard InChI is InChI=1S/C20H18ClF3N2O2/c1-11(2)17-16(10-28-19(27)13-6-4-5-12(3)7-13)26-9-14(20(22,23)24)8-15(21)18(26)25-17/h4-9,11H,10H2,1-3H3. The summed E-state index contributed by atoms with van der Waals surface area (Å²) in [5.74, 6) is -0.663. The smallest absolute Gasteiger partial charge is 0.417 e. The maximum absolute atomic E-state index is 13.2. The number of fused-ring (bicyclic) bond motifs is 1. The normalized spacial score (nSPS) is 12.0. The summed E-state index contributed by atoms with van der Waals surface area (Å²) in [6.07, 6.45) is -3.63. The van der Waals surface area contributed by atoms with Crippen molar-refractivity contribution in [2.24, 2.45) is 0 Å². The molecular formula is C20H18ClF3N2O2. The number of pyridine rings is 1. The number of ether oxygens (including phenoxy) is 1. The Bertz CT molecular complexity index is 1040. The van der Waals surface area contributed by atoms with Crippen molar-refractivity contribution in [3.63, 3.8) is 0 Å². The molecule has 0 amide bonds. The molecule has 0 radical (unpaired) electrons. The second-order valence-electron chi connectivity index (χ2n) is 6.81. The molecule has 1 aromatic carbocycles. The molecule has 0 saturated heterocycles. The first-order valence-corrected chi connectivity index (χ1v) is 8.97. The van der Waals surface area contributed by atoms with Gasteiger partial charge in [0.15, 0.2) is 5.65 Å². The van der Waals surface area contributed by atoms with Gasteiger partial charge >= 0.3 is 12.1 Å². The molecule has 0 bridgehead atoms. The second-order valence-corrected chi connectivity index (χ2v) is 7.22. The highest BCUT2D eigenvalue weighted by atomic mass is 35.5. The van der Waals surface area contributed by atoms with Crippen molar-refractivity contribution in [2.45, 2.75) is 39.5 Å². The average Bonchev–Trinajstić information content (AvgIpc) is 2.98. The van der Waals surface area contributed by atoms with Crippen LogP contribution in [0, 0.1) is 6.92 Å². The number of esters is 1. The molecule has 0 aliphatic carbocycles. The predicted molar refractivity (Wildman–Crippen MR) is 99.6 cm³/mol. The fourth-order valence-corrected chi connectivity index (χ4v) is 3.17. The van der Waals surface area contributed by atoms with E-state index in [1.54, 1.807) is 18.2 Å². The van der Waals surface area contributed by atoms with Crippen LogP contribution in [0.5, 0.6) is 0 Å². The van der Waals surface area contributed by atoms with E-state index < -0.39 is 17.7 Å². The maximum Gasteiger partial charge on any atom is 0.417 e. The summed E-state index contributed by atoms with van der Waals surface area (Å²) in [5.41, 5.74) is 1.45. The molecule has 0 atom stereocenters. The van der Waals surface area contributed by atoms with Crippen molar-refractivity contribution >= 4 is 23.2 Å². The zero-order valence-electron chi connectivity index (χ0n) is 15.5. The molecule has 0 fully saturated rings. The summed E-state index contributed by atoms with van der Waals surface area (Å²) in [6, 6.07) is 7.72. The van der Waals surface area contributed by atoms with Crippen LogP contribution in [0.4, 0.5) is 13.2 Å². The van der Waals surface area contributed by atoms with Gasteiger partial charge in [-0.2, -0.15) is 13.2 Å². The second kappa shape index (κ2) is 7.47.